The fraction of sp³-hybridized carbons (Fsp3) is 0. The first-order chi connectivity index (χ1) is 32.2. The average molecular weight is 834 g/mol. The molecule has 5 heteroatoms. The lowest BCUT2D eigenvalue weighted by Gasteiger charge is -2.12. The Labute approximate surface area is 374 Å². The van der Waals surface area contributed by atoms with Crippen LogP contribution < -0.4 is 9.47 Å². The van der Waals surface area contributed by atoms with Crippen molar-refractivity contribution in [3.05, 3.63) is 237 Å². The van der Waals surface area contributed by atoms with Gasteiger partial charge in [-0.15, -0.1) is 0 Å². The molecule has 65 heavy (non-hydrogen) atoms. The third-order valence-electron chi connectivity index (χ3n) is 12.7. The van der Waals surface area contributed by atoms with Gasteiger partial charge in [0.2, 0.25) is 0 Å². The fourth-order valence-electron chi connectivity index (χ4n) is 9.82. The van der Waals surface area contributed by atoms with Crippen LogP contribution in [0, 0.1) is 0 Å². The summed E-state index contributed by atoms with van der Waals surface area (Å²) in [5, 5.41) is 7.00. The van der Waals surface area contributed by atoms with E-state index in [9.17, 15) is 0 Å². The number of rotatable bonds is 8. The quantitative estimate of drug-likeness (QED) is 0.153. The van der Waals surface area contributed by atoms with Gasteiger partial charge in [0, 0.05) is 49.4 Å². The maximum Gasteiger partial charge on any atom is 0.128 e. The van der Waals surface area contributed by atoms with Crippen LogP contribution in [0.3, 0.4) is 0 Å². The zero-order chi connectivity index (χ0) is 42.8. The Kier molecular flexibility index (Phi) is 8.46. The van der Waals surface area contributed by atoms with E-state index in [1.165, 1.54) is 16.3 Å². The van der Waals surface area contributed by atoms with Gasteiger partial charge in [0.15, 0.2) is 0 Å². The van der Waals surface area contributed by atoms with Gasteiger partial charge in [0.1, 0.15) is 23.0 Å². The van der Waals surface area contributed by atoms with Crippen molar-refractivity contribution in [2.75, 3.05) is 0 Å². The monoisotopic (exact) mass is 833 g/mol. The van der Waals surface area contributed by atoms with Crippen LogP contribution in [0.2, 0.25) is 0 Å². The average Bonchev–Trinajstić information content (AvgIpc) is 3.99. The summed E-state index contributed by atoms with van der Waals surface area (Å²) in [7, 11) is 0. The number of aromatic nitrogens is 3. The Morgan fingerprint density at radius 1 is 0.215 bits per heavy atom. The van der Waals surface area contributed by atoms with Crippen LogP contribution >= 0.6 is 0 Å². The first kappa shape index (κ1) is 36.8. The predicted molar refractivity (Wildman–Crippen MR) is 268 cm³/mol. The fourth-order valence-corrected chi connectivity index (χ4v) is 9.82. The number of fused-ring (bicyclic) bond motifs is 9. The molecule has 3 heterocycles. The summed E-state index contributed by atoms with van der Waals surface area (Å²) in [6.45, 7) is 0. The van der Waals surface area contributed by atoms with Crippen molar-refractivity contribution >= 4 is 65.4 Å². The molecular formula is C60H39N3O2. The van der Waals surface area contributed by atoms with E-state index in [0.717, 1.165) is 100 Å². The van der Waals surface area contributed by atoms with Crippen molar-refractivity contribution in [2.45, 2.75) is 0 Å². The molecule has 306 valence electrons. The molecule has 0 aliphatic heterocycles. The molecule has 0 fully saturated rings. The van der Waals surface area contributed by atoms with Gasteiger partial charge in [-0.05, 0) is 132 Å². The molecule has 0 aliphatic carbocycles. The molecule has 0 unspecified atom stereocenters. The molecule has 0 saturated carbocycles. The topological polar surface area (TPSA) is 33.2 Å². The van der Waals surface area contributed by atoms with E-state index in [-0.39, 0.29) is 0 Å². The summed E-state index contributed by atoms with van der Waals surface area (Å²) in [5.74, 6) is 3.20. The maximum absolute atomic E-state index is 6.43. The molecule has 0 saturated heterocycles. The molecule has 0 aliphatic rings. The van der Waals surface area contributed by atoms with Crippen LogP contribution in [0.25, 0.3) is 93.6 Å². The van der Waals surface area contributed by atoms with E-state index in [1.54, 1.807) is 0 Å². The first-order valence-electron chi connectivity index (χ1n) is 22.0. The normalized spacial score (nSPS) is 11.7. The lowest BCUT2D eigenvalue weighted by atomic mass is 10.0. The number of nitrogens with zero attached hydrogens (tertiary/aromatic N) is 3. The standard InChI is InChI=1S/C60H39N3O2/c1-5-15-42(16-6-1)61-56-32-26-40(35-52(56)54-39-48(29-34-58(54)61)65-46-21-11-4-12-22-46)41-25-30-51-53-38-47(64-45-19-9-3-10-20-45)28-33-57(53)63(59(51)36-41)44-27-31-50-49-23-13-14-24-55(49)62(60(50)37-44)43-17-7-2-8-18-43/h1-39H. The summed E-state index contributed by atoms with van der Waals surface area (Å²) in [6, 6.07) is 83.4. The molecule has 5 nitrogen and oxygen atoms in total. The molecule has 13 aromatic rings. The molecular weight excluding hydrogens is 795 g/mol. The van der Waals surface area contributed by atoms with Crippen LogP contribution in [-0.4, -0.2) is 13.7 Å². The third kappa shape index (κ3) is 6.16. The van der Waals surface area contributed by atoms with Gasteiger partial charge in [-0.25, -0.2) is 0 Å². The van der Waals surface area contributed by atoms with E-state index in [0.29, 0.717) is 0 Å². The lowest BCUT2D eigenvalue weighted by molar-refractivity contribution is 0.483. The Morgan fingerprint density at radius 3 is 1.25 bits per heavy atom. The second-order valence-electron chi connectivity index (χ2n) is 16.5. The zero-order valence-corrected chi connectivity index (χ0v) is 35.2. The second kappa shape index (κ2) is 14.9. The molecule has 13 rings (SSSR count). The van der Waals surface area contributed by atoms with Crippen LogP contribution in [0.4, 0.5) is 0 Å². The van der Waals surface area contributed by atoms with Crippen molar-refractivity contribution in [1.29, 1.82) is 0 Å². The number of benzene rings is 10. The highest BCUT2D eigenvalue weighted by atomic mass is 16.5. The van der Waals surface area contributed by atoms with Gasteiger partial charge in [-0.3, -0.25) is 0 Å². The van der Waals surface area contributed by atoms with Crippen LogP contribution in [0.15, 0.2) is 237 Å². The molecule has 10 aromatic carbocycles. The van der Waals surface area contributed by atoms with Gasteiger partial charge in [-0.1, -0.05) is 115 Å². The van der Waals surface area contributed by atoms with E-state index < -0.39 is 0 Å². The Balaban J connectivity index is 1.02. The van der Waals surface area contributed by atoms with E-state index in [1.807, 2.05) is 60.7 Å². The van der Waals surface area contributed by atoms with E-state index in [2.05, 4.69) is 190 Å². The van der Waals surface area contributed by atoms with Crippen molar-refractivity contribution in [3.8, 4) is 51.2 Å². The summed E-state index contributed by atoms with van der Waals surface area (Å²) >= 11 is 0. The summed E-state index contributed by atoms with van der Waals surface area (Å²) in [4.78, 5) is 0. The Hall–Kier alpha value is -8.80. The summed E-state index contributed by atoms with van der Waals surface area (Å²) < 4.78 is 20.0. The van der Waals surface area contributed by atoms with Crippen molar-refractivity contribution < 1.29 is 9.47 Å². The van der Waals surface area contributed by atoms with Gasteiger partial charge in [0.05, 0.1) is 33.1 Å². The molecule has 0 atom stereocenters. The third-order valence-corrected chi connectivity index (χ3v) is 12.7. The Morgan fingerprint density at radius 2 is 0.615 bits per heavy atom. The van der Waals surface area contributed by atoms with Crippen molar-refractivity contribution in [3.63, 3.8) is 0 Å². The number of para-hydroxylation sites is 5. The molecule has 0 N–H and O–H groups in total. The van der Waals surface area contributed by atoms with Crippen molar-refractivity contribution in [1.82, 2.24) is 13.7 Å². The number of hydrogen-bond donors (Lipinski definition) is 0. The Bertz CT molecular complexity index is 3920. The highest BCUT2D eigenvalue weighted by molar-refractivity contribution is 6.14. The molecule has 0 amide bonds. The minimum atomic E-state index is 0.794. The van der Waals surface area contributed by atoms with E-state index >= 15 is 0 Å². The van der Waals surface area contributed by atoms with Gasteiger partial charge in [-0.2, -0.15) is 0 Å². The highest BCUT2D eigenvalue weighted by Gasteiger charge is 2.20. The SMILES string of the molecule is c1ccc(Oc2ccc3c(c2)c2cc(-c4ccc5c6cc(Oc7ccccc7)ccc6n(-c6ccc7c8ccccc8n(-c8ccccc8)c7c6)c5c4)ccc2n3-c2ccccc2)cc1. The summed E-state index contributed by atoms with van der Waals surface area (Å²) in [5.41, 5.74) is 12.4. The summed E-state index contributed by atoms with van der Waals surface area (Å²) in [6.07, 6.45) is 0. The minimum absolute atomic E-state index is 0.794. The minimum Gasteiger partial charge on any atom is -0.457 e. The molecule has 0 bridgehead atoms. The lowest BCUT2D eigenvalue weighted by Crippen LogP contribution is -1.97. The predicted octanol–water partition coefficient (Wildman–Crippen LogP) is 16.2. The number of hydrogen-bond acceptors (Lipinski definition) is 2. The molecule has 0 radical (unpaired) electrons. The molecule has 3 aromatic heterocycles. The van der Waals surface area contributed by atoms with Gasteiger partial charge >= 0.3 is 0 Å². The van der Waals surface area contributed by atoms with Gasteiger partial charge in [0.25, 0.3) is 0 Å². The van der Waals surface area contributed by atoms with Crippen LogP contribution in [0.5, 0.6) is 23.0 Å². The second-order valence-corrected chi connectivity index (χ2v) is 16.5. The number of ether oxygens (including phenoxy) is 2. The maximum atomic E-state index is 6.43. The largest absolute Gasteiger partial charge is 0.457 e. The van der Waals surface area contributed by atoms with Crippen LogP contribution in [0.1, 0.15) is 0 Å². The van der Waals surface area contributed by atoms with Crippen molar-refractivity contribution in [2.24, 2.45) is 0 Å². The van der Waals surface area contributed by atoms with Crippen LogP contribution in [-0.2, 0) is 0 Å². The van der Waals surface area contributed by atoms with E-state index in [4.69, 9.17) is 9.47 Å². The smallest absolute Gasteiger partial charge is 0.128 e. The molecule has 0 spiro atoms. The zero-order valence-electron chi connectivity index (χ0n) is 35.2. The van der Waals surface area contributed by atoms with Gasteiger partial charge < -0.3 is 23.2 Å². The highest BCUT2D eigenvalue weighted by Crippen LogP contribution is 2.42. The first-order valence-corrected chi connectivity index (χ1v) is 22.0.